The van der Waals surface area contributed by atoms with Gasteiger partial charge in [0.05, 0.1) is 19.9 Å². The zero-order chi connectivity index (χ0) is 25.9. The van der Waals surface area contributed by atoms with E-state index in [0.29, 0.717) is 23.3 Å². The number of ether oxygens (including phenoxy) is 1. The lowest BCUT2D eigenvalue weighted by Crippen LogP contribution is -2.71. The molecule has 2 aromatic heterocycles. The van der Waals surface area contributed by atoms with Crippen molar-refractivity contribution in [3.8, 4) is 5.75 Å². The van der Waals surface area contributed by atoms with Gasteiger partial charge in [-0.25, -0.2) is 4.98 Å². The molecule has 4 aliphatic rings. The van der Waals surface area contributed by atoms with Gasteiger partial charge in [-0.15, -0.1) is 0 Å². The largest absolute Gasteiger partial charge is 0.496 e. The Bertz CT molecular complexity index is 1330. The predicted molar refractivity (Wildman–Crippen MR) is 149 cm³/mol. The maximum atomic E-state index is 6.03. The van der Waals surface area contributed by atoms with Crippen LogP contribution in [0.4, 0.5) is 11.8 Å². The lowest BCUT2D eigenvalue weighted by atomic mass is 9.72. The Balaban J connectivity index is 1.03. The van der Waals surface area contributed by atoms with E-state index in [1.54, 1.807) is 13.3 Å². The molecule has 3 N–H and O–H groups in total. The summed E-state index contributed by atoms with van der Waals surface area (Å²) >= 11 is 0. The van der Waals surface area contributed by atoms with Crippen molar-refractivity contribution in [2.24, 2.45) is 16.7 Å². The number of likely N-dealkylation sites (tertiary alicyclic amines) is 2. The molecule has 2 saturated carbocycles. The van der Waals surface area contributed by atoms with Crippen molar-refractivity contribution in [2.75, 3.05) is 57.4 Å². The summed E-state index contributed by atoms with van der Waals surface area (Å²) in [6, 6.07) is 6.60. The average Bonchev–Trinajstić information content (AvgIpc) is 3.54. The quantitative estimate of drug-likeness (QED) is 0.422. The number of aromatic nitrogens is 4. The molecule has 9 nitrogen and oxygen atoms in total. The molecule has 1 aromatic carbocycles. The number of benzene rings is 1. The van der Waals surface area contributed by atoms with Crippen LogP contribution in [0.15, 0.2) is 24.4 Å². The van der Waals surface area contributed by atoms with E-state index in [1.807, 2.05) is 4.68 Å². The van der Waals surface area contributed by atoms with E-state index in [9.17, 15) is 0 Å². The maximum Gasteiger partial charge on any atom is 0.222 e. The first-order chi connectivity index (χ1) is 18.5. The van der Waals surface area contributed by atoms with Crippen LogP contribution < -0.4 is 15.8 Å². The number of anilines is 2. The molecule has 4 heterocycles. The molecule has 2 aliphatic heterocycles. The molecule has 0 atom stereocenters. The number of hydrogen-bond acceptors (Lipinski definition) is 8. The maximum absolute atomic E-state index is 6.03. The van der Waals surface area contributed by atoms with Gasteiger partial charge in [-0.1, -0.05) is 19.1 Å². The number of nitrogens with one attached hydrogen (secondary N) is 1. The molecule has 38 heavy (non-hydrogen) atoms. The molecule has 3 aromatic rings. The molecular formula is C29H40N8O. The molecule has 0 unspecified atom stereocenters. The van der Waals surface area contributed by atoms with E-state index in [2.05, 4.69) is 55.3 Å². The second-order valence-corrected chi connectivity index (χ2v) is 12.6. The normalized spacial score (nSPS) is 21.8. The molecule has 9 heteroatoms. The minimum atomic E-state index is 0.279. The Morgan fingerprint density at radius 2 is 1.84 bits per heavy atom. The average molecular weight is 517 g/mol. The number of nitrogen functional groups attached to an aromatic ring is 1. The van der Waals surface area contributed by atoms with Gasteiger partial charge >= 0.3 is 0 Å². The standard InChI is InChI=1S/C29H40N8O/c1-3-8-35-16-29(17-35)18-36(19-29)14-20-4-5-22(24(9-20)38-2)15-37-25-23(13-32-37)33-27(30)34-26(25)31-12-21-10-28(11-21)6-7-28/h4-5,9,13,21H,3,6-8,10-12,14-19H2,1-2H3,(H3,30,31,33,34). The monoisotopic (exact) mass is 516 g/mol. The highest BCUT2D eigenvalue weighted by Crippen LogP contribution is 2.63. The van der Waals surface area contributed by atoms with Crippen LogP contribution in [0, 0.1) is 16.7 Å². The van der Waals surface area contributed by atoms with Crippen LogP contribution in [0.3, 0.4) is 0 Å². The fraction of sp³-hybridized carbons (Fsp3) is 0.621. The molecule has 7 rings (SSSR count). The minimum Gasteiger partial charge on any atom is -0.496 e. The Labute approximate surface area is 224 Å². The number of nitrogens with zero attached hydrogens (tertiary/aromatic N) is 6. The van der Waals surface area contributed by atoms with Gasteiger partial charge in [-0.2, -0.15) is 10.1 Å². The first-order valence-electron chi connectivity index (χ1n) is 14.3. The van der Waals surface area contributed by atoms with Gasteiger partial charge in [0.25, 0.3) is 0 Å². The topological polar surface area (TPSA) is 97.4 Å². The Morgan fingerprint density at radius 1 is 1.05 bits per heavy atom. The molecule has 2 spiro atoms. The molecule has 2 saturated heterocycles. The highest BCUT2D eigenvalue weighted by atomic mass is 16.5. The van der Waals surface area contributed by atoms with Gasteiger partial charge in [-0.3, -0.25) is 9.58 Å². The lowest BCUT2D eigenvalue weighted by molar-refractivity contribution is -0.117. The van der Waals surface area contributed by atoms with Crippen molar-refractivity contribution in [3.63, 3.8) is 0 Å². The van der Waals surface area contributed by atoms with Crippen LogP contribution in [0.25, 0.3) is 11.0 Å². The number of hydrogen-bond donors (Lipinski definition) is 2. The van der Waals surface area contributed by atoms with Crippen molar-refractivity contribution in [3.05, 3.63) is 35.5 Å². The summed E-state index contributed by atoms with van der Waals surface area (Å²) in [5, 5.41) is 8.23. The van der Waals surface area contributed by atoms with Gasteiger partial charge in [-0.05, 0) is 61.6 Å². The second-order valence-electron chi connectivity index (χ2n) is 12.6. The van der Waals surface area contributed by atoms with Crippen LogP contribution >= 0.6 is 0 Å². The van der Waals surface area contributed by atoms with Crippen LogP contribution in [0.1, 0.15) is 50.2 Å². The SMILES string of the molecule is CCCN1CC2(C1)CN(Cc1ccc(Cn3ncc4nc(N)nc(NCC5CC6(CC6)C5)c43)c(OC)c1)C2. The third-order valence-corrected chi connectivity index (χ3v) is 9.32. The van der Waals surface area contributed by atoms with Crippen molar-refractivity contribution < 1.29 is 4.74 Å². The van der Waals surface area contributed by atoms with E-state index < -0.39 is 0 Å². The van der Waals surface area contributed by atoms with Crippen LogP contribution in [0.2, 0.25) is 0 Å². The summed E-state index contributed by atoms with van der Waals surface area (Å²) in [5.41, 5.74) is 11.3. The number of methoxy groups -OCH3 is 1. The molecule has 4 fully saturated rings. The van der Waals surface area contributed by atoms with E-state index >= 15 is 0 Å². The molecule has 0 radical (unpaired) electrons. The summed E-state index contributed by atoms with van der Waals surface area (Å²) in [7, 11) is 1.75. The van der Waals surface area contributed by atoms with Crippen LogP contribution in [-0.2, 0) is 13.1 Å². The third kappa shape index (κ3) is 4.39. The van der Waals surface area contributed by atoms with E-state index in [0.717, 1.165) is 41.3 Å². The molecule has 0 amide bonds. The van der Waals surface area contributed by atoms with Gasteiger partial charge in [0, 0.05) is 50.2 Å². The number of nitrogens with two attached hydrogens (primary N) is 1. The zero-order valence-electron chi connectivity index (χ0n) is 22.7. The van der Waals surface area contributed by atoms with Crippen LogP contribution in [-0.4, -0.2) is 75.9 Å². The fourth-order valence-corrected chi connectivity index (χ4v) is 7.42. The summed E-state index contributed by atoms with van der Waals surface area (Å²) < 4.78 is 7.80. The van der Waals surface area contributed by atoms with Gasteiger partial charge in [0.1, 0.15) is 16.8 Å². The molecular weight excluding hydrogens is 476 g/mol. The Morgan fingerprint density at radius 3 is 2.58 bits per heavy atom. The predicted octanol–water partition coefficient (Wildman–Crippen LogP) is 3.60. The van der Waals surface area contributed by atoms with Crippen molar-refractivity contribution in [1.82, 2.24) is 29.5 Å². The second kappa shape index (κ2) is 9.09. The van der Waals surface area contributed by atoms with E-state index in [1.165, 1.54) is 70.4 Å². The first kappa shape index (κ1) is 24.2. The number of fused-ring (bicyclic) bond motifs is 1. The molecule has 202 valence electrons. The molecule has 0 bridgehead atoms. The minimum absolute atomic E-state index is 0.279. The third-order valence-electron chi connectivity index (χ3n) is 9.32. The summed E-state index contributed by atoms with van der Waals surface area (Å²) in [4.78, 5) is 14.1. The Kier molecular flexibility index (Phi) is 5.78. The number of rotatable bonds is 10. The highest BCUT2D eigenvalue weighted by molar-refractivity contribution is 5.86. The van der Waals surface area contributed by atoms with Gasteiger partial charge in [0.2, 0.25) is 5.95 Å². The van der Waals surface area contributed by atoms with Crippen LogP contribution in [0.5, 0.6) is 5.75 Å². The first-order valence-corrected chi connectivity index (χ1v) is 14.3. The van der Waals surface area contributed by atoms with E-state index in [-0.39, 0.29) is 5.95 Å². The van der Waals surface area contributed by atoms with E-state index in [4.69, 9.17) is 10.5 Å². The van der Waals surface area contributed by atoms with Gasteiger partial charge < -0.3 is 20.7 Å². The summed E-state index contributed by atoms with van der Waals surface area (Å²) in [6.45, 7) is 10.9. The summed E-state index contributed by atoms with van der Waals surface area (Å²) in [6.07, 6.45) is 8.53. The van der Waals surface area contributed by atoms with Gasteiger partial charge in [0.15, 0.2) is 5.82 Å². The summed E-state index contributed by atoms with van der Waals surface area (Å²) in [5.74, 6) is 2.67. The van der Waals surface area contributed by atoms with Crippen molar-refractivity contribution >= 4 is 22.8 Å². The lowest BCUT2D eigenvalue weighted by Gasteiger charge is -2.60. The smallest absolute Gasteiger partial charge is 0.222 e. The van der Waals surface area contributed by atoms with Crippen molar-refractivity contribution in [2.45, 2.75) is 52.1 Å². The Hall–Kier alpha value is -2.91. The van der Waals surface area contributed by atoms with Crippen molar-refractivity contribution in [1.29, 1.82) is 0 Å². The zero-order valence-corrected chi connectivity index (χ0v) is 22.7. The molecule has 2 aliphatic carbocycles. The fourth-order valence-electron chi connectivity index (χ4n) is 7.42. The highest BCUT2D eigenvalue weighted by Gasteiger charge is 2.52.